The van der Waals surface area contributed by atoms with Crippen LogP contribution in [0.25, 0.3) is 0 Å². The second-order valence-corrected chi connectivity index (χ2v) is 12.9. The van der Waals surface area contributed by atoms with Crippen molar-refractivity contribution in [1.29, 1.82) is 0 Å². The Bertz CT molecular complexity index is 645. The first-order valence-electron chi connectivity index (χ1n) is 17.9. The van der Waals surface area contributed by atoms with Crippen molar-refractivity contribution in [2.24, 2.45) is 0 Å². The molecule has 0 bridgehead atoms. The van der Waals surface area contributed by atoms with Gasteiger partial charge < -0.3 is 24.6 Å². The Morgan fingerprint density at radius 2 is 0.744 bits per heavy atom. The molecule has 0 aromatic carbocycles. The highest BCUT2D eigenvalue weighted by atomic mass is 16.4. The molecule has 252 valence electrons. The van der Waals surface area contributed by atoms with Crippen molar-refractivity contribution in [2.45, 2.75) is 173 Å². The monoisotopic (exact) mass is 609 g/mol. The van der Waals surface area contributed by atoms with Crippen LogP contribution in [-0.4, -0.2) is 58.8 Å². The average Bonchev–Trinajstić information content (AvgIpc) is 2.95. The van der Waals surface area contributed by atoms with Gasteiger partial charge >= 0.3 is 11.9 Å². The maximum atomic E-state index is 11.1. The van der Waals surface area contributed by atoms with Crippen molar-refractivity contribution >= 4 is 17.9 Å². The maximum Gasteiger partial charge on any atom is 0.303 e. The minimum absolute atomic E-state index is 0.0186. The first-order valence-corrected chi connectivity index (χ1v) is 17.9. The number of hydrogen-bond acceptors (Lipinski definition) is 4. The molecule has 7 nitrogen and oxygen atoms in total. The normalized spacial score (nSPS) is 11.5. The summed E-state index contributed by atoms with van der Waals surface area (Å²) in [4.78, 5) is 33.1. The summed E-state index contributed by atoms with van der Waals surface area (Å²) in [5, 5.41) is 29.2. The number of unbranched alkanes of at least 4 members (excludes halogenated alkanes) is 20. The van der Waals surface area contributed by atoms with Crippen molar-refractivity contribution in [3.8, 4) is 0 Å². The first-order chi connectivity index (χ1) is 20.8. The molecule has 0 aliphatic rings. The Morgan fingerprint density at radius 3 is 1.05 bits per heavy atom. The number of nitrogens with zero attached hydrogens (tertiary/aromatic N) is 1. The van der Waals surface area contributed by atoms with Crippen LogP contribution in [0.2, 0.25) is 0 Å². The number of carboxylic acid groups (broad SMARTS) is 3. The number of carbonyl (C=O) groups is 3. The standard InChI is InChI=1S/C36H67NO6/c1-2-3-4-5-6-7-8-9-10-11-12-13-14-15-16-17-18-19-20-21-22-23-30-37(31-24-27-34(38)39,32-25-28-35(40)41)33-26-29-36(42)43/h2H,1,3-33H2,(H2-,38,39,40,41,42,43). The van der Waals surface area contributed by atoms with Gasteiger partial charge in [-0.3, -0.25) is 9.59 Å². The van der Waals surface area contributed by atoms with Gasteiger partial charge in [0.1, 0.15) is 0 Å². The molecule has 0 atom stereocenters. The molecule has 0 aromatic heterocycles. The molecule has 0 heterocycles. The van der Waals surface area contributed by atoms with Gasteiger partial charge in [0.25, 0.3) is 0 Å². The molecule has 0 fully saturated rings. The predicted molar refractivity (Wildman–Crippen MR) is 175 cm³/mol. The zero-order valence-corrected chi connectivity index (χ0v) is 27.7. The summed E-state index contributed by atoms with van der Waals surface area (Å²) in [5.41, 5.74) is 0. The molecular weight excluding hydrogens is 542 g/mol. The van der Waals surface area contributed by atoms with Gasteiger partial charge in [-0.2, -0.15) is 0 Å². The molecule has 7 heteroatoms. The molecule has 0 amide bonds. The van der Waals surface area contributed by atoms with E-state index in [0.29, 0.717) is 43.4 Å². The van der Waals surface area contributed by atoms with Gasteiger partial charge in [-0.25, -0.2) is 0 Å². The molecule has 0 unspecified atom stereocenters. The third-order valence-corrected chi connectivity index (χ3v) is 8.85. The number of carboxylic acids is 3. The van der Waals surface area contributed by atoms with Gasteiger partial charge in [-0.15, -0.1) is 6.58 Å². The van der Waals surface area contributed by atoms with Gasteiger partial charge in [-0.05, 0) is 32.1 Å². The lowest BCUT2D eigenvalue weighted by atomic mass is 10.0. The Kier molecular flexibility index (Phi) is 28.8. The molecule has 0 rings (SSSR count). The lowest BCUT2D eigenvalue weighted by molar-refractivity contribution is -0.929. The van der Waals surface area contributed by atoms with Crippen molar-refractivity contribution < 1.29 is 34.2 Å². The quantitative estimate of drug-likeness (QED) is 0.0423. The van der Waals surface area contributed by atoms with Crippen LogP contribution in [0.4, 0.5) is 0 Å². The second-order valence-electron chi connectivity index (χ2n) is 12.9. The molecule has 0 saturated heterocycles. The largest absolute Gasteiger partial charge is 0.550 e. The van der Waals surface area contributed by atoms with E-state index in [0.717, 1.165) is 19.4 Å². The molecule has 43 heavy (non-hydrogen) atoms. The Hall–Kier alpha value is -1.89. The summed E-state index contributed by atoms with van der Waals surface area (Å²) < 4.78 is 0.616. The minimum atomic E-state index is -1.07. The summed E-state index contributed by atoms with van der Waals surface area (Å²) in [6.45, 7) is 6.56. The summed E-state index contributed by atoms with van der Waals surface area (Å²) in [7, 11) is 0. The molecule has 0 spiro atoms. The maximum absolute atomic E-state index is 11.1. The first kappa shape index (κ1) is 41.1. The van der Waals surface area contributed by atoms with Crippen LogP contribution >= 0.6 is 0 Å². The van der Waals surface area contributed by atoms with E-state index in [9.17, 15) is 19.5 Å². The molecule has 0 radical (unpaired) electrons. The van der Waals surface area contributed by atoms with E-state index in [4.69, 9.17) is 10.2 Å². The van der Waals surface area contributed by atoms with Crippen LogP contribution in [0, 0.1) is 0 Å². The zero-order chi connectivity index (χ0) is 31.9. The fraction of sp³-hybridized carbons (Fsp3) is 0.861. The number of rotatable bonds is 35. The van der Waals surface area contributed by atoms with Crippen LogP contribution < -0.4 is 5.11 Å². The third kappa shape index (κ3) is 29.9. The summed E-state index contributed by atoms with van der Waals surface area (Å²) in [5.74, 6) is -2.74. The fourth-order valence-electron chi connectivity index (χ4n) is 6.28. The summed E-state index contributed by atoms with van der Waals surface area (Å²) >= 11 is 0. The lowest BCUT2D eigenvalue weighted by Crippen LogP contribution is -2.51. The smallest absolute Gasteiger partial charge is 0.303 e. The predicted octanol–water partition coefficient (Wildman–Crippen LogP) is 8.44. The second kappa shape index (κ2) is 30.1. The average molecular weight is 610 g/mol. The Balaban J connectivity index is 3.95. The molecule has 0 saturated carbocycles. The topological polar surface area (TPSA) is 115 Å². The zero-order valence-electron chi connectivity index (χ0n) is 27.7. The van der Waals surface area contributed by atoms with Crippen molar-refractivity contribution in [2.75, 3.05) is 26.2 Å². The van der Waals surface area contributed by atoms with E-state index in [1.807, 2.05) is 6.08 Å². The SMILES string of the molecule is C=CCCCCCCCCCCCCCCCCCCCCCC[N+](CCCC(=O)[O-])(CCCC(=O)O)CCCC(=O)O. The van der Waals surface area contributed by atoms with Crippen LogP contribution in [0.15, 0.2) is 12.7 Å². The van der Waals surface area contributed by atoms with Crippen LogP contribution in [0.5, 0.6) is 0 Å². The van der Waals surface area contributed by atoms with Gasteiger partial charge in [0.05, 0.1) is 39.0 Å². The number of aliphatic carboxylic acids is 3. The molecular formula is C36H67NO6. The molecule has 2 N–H and O–H groups in total. The van der Waals surface area contributed by atoms with Crippen LogP contribution in [0.3, 0.4) is 0 Å². The Morgan fingerprint density at radius 1 is 0.465 bits per heavy atom. The van der Waals surface area contributed by atoms with Crippen LogP contribution in [0.1, 0.15) is 173 Å². The van der Waals surface area contributed by atoms with E-state index >= 15 is 0 Å². The highest BCUT2D eigenvalue weighted by Gasteiger charge is 2.26. The number of hydrogen-bond donors (Lipinski definition) is 2. The van der Waals surface area contributed by atoms with E-state index in [1.165, 1.54) is 122 Å². The van der Waals surface area contributed by atoms with Gasteiger partial charge in [0.2, 0.25) is 0 Å². The minimum Gasteiger partial charge on any atom is -0.550 e. The number of allylic oxidation sites excluding steroid dienone is 1. The third-order valence-electron chi connectivity index (χ3n) is 8.85. The van der Waals surface area contributed by atoms with E-state index in [1.54, 1.807) is 0 Å². The van der Waals surface area contributed by atoms with E-state index in [2.05, 4.69) is 6.58 Å². The van der Waals surface area contributed by atoms with Gasteiger partial charge in [0, 0.05) is 25.2 Å². The van der Waals surface area contributed by atoms with Gasteiger partial charge in [0.15, 0.2) is 0 Å². The highest BCUT2D eigenvalue weighted by Crippen LogP contribution is 2.19. The molecule has 0 aliphatic heterocycles. The summed E-state index contributed by atoms with van der Waals surface area (Å²) in [6.07, 6.45) is 31.3. The number of carbonyl (C=O) groups excluding carboxylic acids is 1. The molecule has 0 aromatic rings. The Labute approximate surface area is 264 Å². The number of quaternary nitrogens is 1. The highest BCUT2D eigenvalue weighted by molar-refractivity contribution is 5.66. The van der Waals surface area contributed by atoms with E-state index < -0.39 is 17.9 Å². The van der Waals surface area contributed by atoms with E-state index in [-0.39, 0.29) is 19.3 Å². The fourth-order valence-corrected chi connectivity index (χ4v) is 6.28. The van der Waals surface area contributed by atoms with Crippen molar-refractivity contribution in [1.82, 2.24) is 0 Å². The lowest BCUT2D eigenvalue weighted by Gasteiger charge is -2.39. The molecule has 0 aliphatic carbocycles. The summed E-state index contributed by atoms with van der Waals surface area (Å²) in [6, 6.07) is 0. The van der Waals surface area contributed by atoms with Crippen molar-refractivity contribution in [3.63, 3.8) is 0 Å². The van der Waals surface area contributed by atoms with Crippen molar-refractivity contribution in [3.05, 3.63) is 12.7 Å². The van der Waals surface area contributed by atoms with Gasteiger partial charge in [-0.1, -0.05) is 115 Å². The van der Waals surface area contributed by atoms with Crippen LogP contribution in [-0.2, 0) is 14.4 Å².